The third-order valence-corrected chi connectivity index (χ3v) is 5.16. The smallest absolute Gasteiger partial charge is 0.261 e. The molecule has 6 heteroatoms. The maximum Gasteiger partial charge on any atom is 0.261 e. The van der Waals surface area contributed by atoms with Crippen LogP contribution in [-0.2, 0) is 6.54 Å². The molecule has 0 bridgehead atoms. The van der Waals surface area contributed by atoms with E-state index in [-0.39, 0.29) is 23.5 Å². The van der Waals surface area contributed by atoms with E-state index in [1.807, 2.05) is 23.6 Å². The maximum absolute atomic E-state index is 13.8. The first-order chi connectivity index (χ1) is 11.7. The second-order valence-electron chi connectivity index (χ2n) is 5.97. The van der Waals surface area contributed by atoms with Gasteiger partial charge in [0.2, 0.25) is 0 Å². The molecule has 0 aliphatic carbocycles. The fourth-order valence-corrected chi connectivity index (χ4v) is 3.59. The van der Waals surface area contributed by atoms with E-state index in [9.17, 15) is 9.18 Å². The molecule has 1 fully saturated rings. The maximum atomic E-state index is 13.8. The highest BCUT2D eigenvalue weighted by Crippen LogP contribution is 2.20. The molecule has 1 aliphatic rings. The fourth-order valence-electron chi connectivity index (χ4n) is 2.97. The van der Waals surface area contributed by atoms with Crippen molar-refractivity contribution in [2.45, 2.75) is 25.4 Å². The van der Waals surface area contributed by atoms with Gasteiger partial charge in [0, 0.05) is 25.7 Å². The number of hydrogen-bond acceptors (Lipinski definition) is 4. The lowest BCUT2D eigenvalue weighted by atomic mass is 10.0. The van der Waals surface area contributed by atoms with Crippen molar-refractivity contribution in [3.05, 3.63) is 52.0 Å². The number of thiophene rings is 1. The third kappa shape index (κ3) is 4.13. The van der Waals surface area contributed by atoms with Crippen molar-refractivity contribution in [2.75, 3.05) is 20.2 Å². The van der Waals surface area contributed by atoms with Crippen LogP contribution in [0.4, 0.5) is 4.39 Å². The second-order valence-corrected chi connectivity index (χ2v) is 6.92. The Kier molecular flexibility index (Phi) is 5.48. The number of ether oxygens (including phenoxy) is 1. The summed E-state index contributed by atoms with van der Waals surface area (Å²) in [5.41, 5.74) is 0.939. The van der Waals surface area contributed by atoms with Gasteiger partial charge in [0.1, 0.15) is 0 Å². The Morgan fingerprint density at radius 3 is 2.79 bits per heavy atom. The summed E-state index contributed by atoms with van der Waals surface area (Å²) in [6, 6.07) is 9.03. The zero-order chi connectivity index (χ0) is 16.9. The molecule has 1 N–H and O–H groups in total. The summed E-state index contributed by atoms with van der Waals surface area (Å²) in [7, 11) is 1.47. The molecule has 0 saturated carbocycles. The van der Waals surface area contributed by atoms with E-state index in [0.29, 0.717) is 6.54 Å². The van der Waals surface area contributed by atoms with Crippen LogP contribution in [0.3, 0.4) is 0 Å². The third-order valence-electron chi connectivity index (χ3n) is 4.29. The molecule has 0 atom stereocenters. The number of benzene rings is 1. The van der Waals surface area contributed by atoms with E-state index in [1.165, 1.54) is 24.5 Å². The zero-order valence-corrected chi connectivity index (χ0v) is 14.4. The van der Waals surface area contributed by atoms with E-state index < -0.39 is 0 Å². The minimum Gasteiger partial charge on any atom is -0.494 e. The van der Waals surface area contributed by atoms with Crippen molar-refractivity contribution < 1.29 is 13.9 Å². The quantitative estimate of drug-likeness (QED) is 0.901. The van der Waals surface area contributed by atoms with Gasteiger partial charge in [-0.1, -0.05) is 12.1 Å². The zero-order valence-electron chi connectivity index (χ0n) is 13.6. The van der Waals surface area contributed by atoms with Gasteiger partial charge in [-0.2, -0.15) is 0 Å². The van der Waals surface area contributed by atoms with Crippen molar-refractivity contribution in [1.82, 2.24) is 10.2 Å². The largest absolute Gasteiger partial charge is 0.494 e. The monoisotopic (exact) mass is 348 g/mol. The summed E-state index contributed by atoms with van der Waals surface area (Å²) >= 11 is 1.46. The predicted molar refractivity (Wildman–Crippen MR) is 93.0 cm³/mol. The standard InChI is InChI=1S/C18H21FN2O2S/c1-23-16-5-4-13(11-15(16)19)12-21-8-6-14(7-9-21)20-18(22)17-3-2-10-24-17/h2-5,10-11,14H,6-9,12H2,1H3,(H,20,22). The lowest BCUT2D eigenvalue weighted by Gasteiger charge is -2.32. The summed E-state index contributed by atoms with van der Waals surface area (Å²) in [4.78, 5) is 15.1. The van der Waals surface area contributed by atoms with Gasteiger partial charge in [-0.15, -0.1) is 11.3 Å². The molecule has 0 spiro atoms. The molecule has 1 aromatic heterocycles. The number of piperidine rings is 1. The minimum absolute atomic E-state index is 0.0145. The first-order valence-electron chi connectivity index (χ1n) is 8.05. The van der Waals surface area contributed by atoms with Gasteiger partial charge in [-0.25, -0.2) is 4.39 Å². The van der Waals surface area contributed by atoms with Crippen LogP contribution in [0.1, 0.15) is 28.1 Å². The van der Waals surface area contributed by atoms with E-state index in [1.54, 1.807) is 6.07 Å². The molecule has 1 amide bonds. The Morgan fingerprint density at radius 1 is 1.38 bits per heavy atom. The number of hydrogen-bond donors (Lipinski definition) is 1. The average molecular weight is 348 g/mol. The number of likely N-dealkylation sites (tertiary alicyclic amines) is 1. The molecular weight excluding hydrogens is 327 g/mol. The Balaban J connectivity index is 1.48. The predicted octanol–water partition coefficient (Wildman–Crippen LogP) is 3.29. The van der Waals surface area contributed by atoms with Crippen molar-refractivity contribution in [2.24, 2.45) is 0 Å². The molecule has 2 heterocycles. The van der Waals surface area contributed by atoms with Gasteiger partial charge in [0.05, 0.1) is 12.0 Å². The second kappa shape index (κ2) is 7.77. The molecule has 128 valence electrons. The lowest BCUT2D eigenvalue weighted by molar-refractivity contribution is 0.0913. The number of nitrogens with one attached hydrogen (secondary N) is 1. The van der Waals surface area contributed by atoms with Crippen LogP contribution in [0, 0.1) is 5.82 Å². The number of methoxy groups -OCH3 is 1. The van der Waals surface area contributed by atoms with Gasteiger partial charge in [0.25, 0.3) is 5.91 Å². The van der Waals surface area contributed by atoms with Crippen LogP contribution in [0.5, 0.6) is 5.75 Å². The molecule has 1 aromatic carbocycles. The molecule has 2 aromatic rings. The molecule has 4 nitrogen and oxygen atoms in total. The molecule has 24 heavy (non-hydrogen) atoms. The Labute approximate surface area is 145 Å². The first kappa shape index (κ1) is 16.9. The molecule has 0 unspecified atom stereocenters. The Bertz CT molecular complexity index is 682. The van der Waals surface area contributed by atoms with Crippen molar-refractivity contribution in [1.29, 1.82) is 0 Å². The minimum atomic E-state index is -0.326. The van der Waals surface area contributed by atoms with Gasteiger partial charge in [0.15, 0.2) is 11.6 Å². The molecule has 3 rings (SSSR count). The van der Waals surface area contributed by atoms with Crippen molar-refractivity contribution in [3.8, 4) is 5.75 Å². The normalized spacial score (nSPS) is 16.1. The summed E-state index contributed by atoms with van der Waals surface area (Å²) in [5, 5.41) is 5.01. The SMILES string of the molecule is COc1ccc(CN2CCC(NC(=O)c3cccs3)CC2)cc1F. The van der Waals surface area contributed by atoms with E-state index in [0.717, 1.165) is 36.4 Å². The van der Waals surface area contributed by atoms with Crippen LogP contribution in [-0.4, -0.2) is 37.0 Å². The Morgan fingerprint density at radius 2 is 2.17 bits per heavy atom. The number of rotatable bonds is 5. The van der Waals surface area contributed by atoms with Crippen molar-refractivity contribution >= 4 is 17.2 Å². The highest BCUT2D eigenvalue weighted by molar-refractivity contribution is 7.12. The van der Waals surface area contributed by atoms with Crippen LogP contribution < -0.4 is 10.1 Å². The van der Waals surface area contributed by atoms with Crippen molar-refractivity contribution in [3.63, 3.8) is 0 Å². The summed E-state index contributed by atoms with van der Waals surface area (Å²) < 4.78 is 18.7. The van der Waals surface area contributed by atoms with Crippen LogP contribution in [0.2, 0.25) is 0 Å². The van der Waals surface area contributed by atoms with Crippen LogP contribution >= 0.6 is 11.3 Å². The summed E-state index contributed by atoms with van der Waals surface area (Å²) in [6.07, 6.45) is 1.82. The number of carbonyl (C=O) groups excluding carboxylic acids is 1. The first-order valence-corrected chi connectivity index (χ1v) is 8.93. The summed E-state index contributed by atoms with van der Waals surface area (Å²) in [6.45, 7) is 2.50. The fraction of sp³-hybridized carbons (Fsp3) is 0.389. The topological polar surface area (TPSA) is 41.6 Å². The lowest BCUT2D eigenvalue weighted by Crippen LogP contribution is -2.44. The number of nitrogens with zero attached hydrogens (tertiary/aromatic N) is 1. The molecule has 1 aliphatic heterocycles. The van der Waals surface area contributed by atoms with E-state index in [4.69, 9.17) is 4.74 Å². The van der Waals surface area contributed by atoms with E-state index >= 15 is 0 Å². The van der Waals surface area contributed by atoms with Gasteiger partial charge in [-0.3, -0.25) is 9.69 Å². The highest BCUT2D eigenvalue weighted by atomic mass is 32.1. The van der Waals surface area contributed by atoms with Gasteiger partial charge < -0.3 is 10.1 Å². The van der Waals surface area contributed by atoms with Crippen LogP contribution in [0.15, 0.2) is 35.7 Å². The van der Waals surface area contributed by atoms with Gasteiger partial charge in [-0.05, 0) is 42.0 Å². The molecule has 0 radical (unpaired) electrons. The van der Waals surface area contributed by atoms with Gasteiger partial charge >= 0.3 is 0 Å². The van der Waals surface area contributed by atoms with Crippen LogP contribution in [0.25, 0.3) is 0 Å². The molecular formula is C18H21FN2O2S. The number of carbonyl (C=O) groups is 1. The molecule has 1 saturated heterocycles. The number of halogens is 1. The number of amides is 1. The van der Waals surface area contributed by atoms with E-state index in [2.05, 4.69) is 10.2 Å². The summed E-state index contributed by atoms with van der Waals surface area (Å²) in [5.74, 6) is -0.0393. The average Bonchev–Trinajstić information content (AvgIpc) is 3.11. The highest BCUT2D eigenvalue weighted by Gasteiger charge is 2.21. The Hall–Kier alpha value is -1.92.